The van der Waals surface area contributed by atoms with Crippen LogP contribution in [0, 0.1) is 26.2 Å². The summed E-state index contributed by atoms with van der Waals surface area (Å²) in [4.78, 5) is 32.1. The van der Waals surface area contributed by atoms with Gasteiger partial charge in [-0.15, -0.1) is 0 Å². The number of aryl methyl sites for hydroxylation is 3. The van der Waals surface area contributed by atoms with Gasteiger partial charge >= 0.3 is 0 Å². The first-order chi connectivity index (χ1) is 15.8. The van der Waals surface area contributed by atoms with Gasteiger partial charge in [0, 0.05) is 20.1 Å². The number of hydrogen-bond donors (Lipinski definition) is 1. The minimum absolute atomic E-state index is 0.0219. The van der Waals surface area contributed by atoms with E-state index in [9.17, 15) is 9.59 Å². The van der Waals surface area contributed by atoms with E-state index in [-0.39, 0.29) is 18.4 Å². The van der Waals surface area contributed by atoms with Gasteiger partial charge < -0.3 is 10.2 Å². The zero-order valence-corrected chi connectivity index (χ0v) is 19.8. The fraction of sp³-hybridized carbons (Fsp3) is 0.385. The van der Waals surface area contributed by atoms with Crippen LogP contribution in [0.25, 0.3) is 11.1 Å². The lowest BCUT2D eigenvalue weighted by atomic mass is 9.79. The highest BCUT2D eigenvalue weighted by atomic mass is 16.2. The number of nitrogens with one attached hydrogen (secondary N) is 1. The van der Waals surface area contributed by atoms with Gasteiger partial charge in [-0.25, -0.2) is 9.67 Å². The zero-order chi connectivity index (χ0) is 23.6. The van der Waals surface area contributed by atoms with Gasteiger partial charge in [0.05, 0.1) is 5.41 Å². The van der Waals surface area contributed by atoms with Crippen molar-refractivity contribution in [3.8, 4) is 11.1 Å². The zero-order valence-electron chi connectivity index (χ0n) is 19.8. The molecule has 33 heavy (non-hydrogen) atoms. The van der Waals surface area contributed by atoms with Gasteiger partial charge in [-0.3, -0.25) is 9.59 Å². The molecule has 0 aliphatic carbocycles. The third-order valence-electron chi connectivity index (χ3n) is 6.52. The van der Waals surface area contributed by atoms with E-state index in [1.54, 1.807) is 16.6 Å². The van der Waals surface area contributed by atoms with Gasteiger partial charge in [0.25, 0.3) is 0 Å². The van der Waals surface area contributed by atoms with Crippen molar-refractivity contribution in [3.05, 3.63) is 71.3 Å². The molecule has 0 radical (unpaired) electrons. The van der Waals surface area contributed by atoms with Gasteiger partial charge in [0.15, 0.2) is 0 Å². The Balaban J connectivity index is 1.53. The SMILES string of the molecule is CNC(=O)[C@@]1(Cc2cccc(-c3ccc(C)cc3)c2)CCN(C(=O)Cn2nc(C)nc2C)C1. The van der Waals surface area contributed by atoms with Crippen molar-refractivity contribution in [2.24, 2.45) is 5.41 Å². The van der Waals surface area contributed by atoms with E-state index in [0.717, 1.165) is 16.7 Å². The lowest BCUT2D eigenvalue weighted by molar-refractivity contribution is -0.133. The number of hydrogen-bond acceptors (Lipinski definition) is 4. The fourth-order valence-electron chi connectivity index (χ4n) is 4.70. The minimum atomic E-state index is -0.649. The number of rotatable bonds is 6. The maximum Gasteiger partial charge on any atom is 0.244 e. The Kier molecular flexibility index (Phi) is 6.31. The second-order valence-electron chi connectivity index (χ2n) is 9.03. The van der Waals surface area contributed by atoms with Gasteiger partial charge in [-0.1, -0.05) is 54.1 Å². The second kappa shape index (κ2) is 9.17. The van der Waals surface area contributed by atoms with Crippen LogP contribution in [-0.4, -0.2) is 51.6 Å². The van der Waals surface area contributed by atoms with Crippen molar-refractivity contribution in [3.63, 3.8) is 0 Å². The molecule has 0 spiro atoms. The summed E-state index contributed by atoms with van der Waals surface area (Å²) in [6.07, 6.45) is 1.21. The van der Waals surface area contributed by atoms with Crippen molar-refractivity contribution in [2.75, 3.05) is 20.1 Å². The van der Waals surface area contributed by atoms with Crippen LogP contribution in [0.15, 0.2) is 48.5 Å². The van der Waals surface area contributed by atoms with Crippen molar-refractivity contribution >= 4 is 11.8 Å². The molecule has 2 amide bonds. The molecular formula is C26H31N5O2. The summed E-state index contributed by atoms with van der Waals surface area (Å²) in [6, 6.07) is 16.8. The quantitative estimate of drug-likeness (QED) is 0.632. The molecular weight excluding hydrogens is 414 g/mol. The lowest BCUT2D eigenvalue weighted by Crippen LogP contribution is -2.44. The second-order valence-corrected chi connectivity index (χ2v) is 9.03. The summed E-state index contributed by atoms with van der Waals surface area (Å²) in [6.45, 7) is 6.81. The third kappa shape index (κ3) is 4.82. The number of aromatic nitrogens is 3. The standard InChI is InChI=1S/C26H31N5O2/c1-18-8-10-22(11-9-18)23-7-5-6-21(14-23)15-26(25(33)27-4)12-13-30(17-26)24(32)16-31-20(3)28-19(2)29-31/h5-11,14H,12-13,15-17H2,1-4H3,(H,27,33)/t26-/m1/s1. The molecule has 172 valence electrons. The lowest BCUT2D eigenvalue weighted by Gasteiger charge is -2.28. The highest BCUT2D eigenvalue weighted by Crippen LogP contribution is 2.36. The van der Waals surface area contributed by atoms with Crippen LogP contribution in [0.1, 0.15) is 29.2 Å². The Morgan fingerprint density at radius 3 is 2.48 bits per heavy atom. The normalized spacial score (nSPS) is 17.9. The Bertz CT molecular complexity index is 1170. The summed E-state index contributed by atoms with van der Waals surface area (Å²) in [7, 11) is 1.67. The van der Waals surface area contributed by atoms with E-state index in [0.29, 0.717) is 37.6 Å². The molecule has 2 aromatic carbocycles. The van der Waals surface area contributed by atoms with Gasteiger partial charge in [0.1, 0.15) is 18.2 Å². The number of amides is 2. The molecule has 2 heterocycles. The van der Waals surface area contributed by atoms with Crippen molar-refractivity contribution < 1.29 is 9.59 Å². The Hall–Kier alpha value is -3.48. The van der Waals surface area contributed by atoms with Crippen LogP contribution in [-0.2, 0) is 22.6 Å². The molecule has 7 heteroatoms. The fourth-order valence-corrected chi connectivity index (χ4v) is 4.70. The van der Waals surface area contributed by atoms with E-state index >= 15 is 0 Å². The van der Waals surface area contributed by atoms with Crippen LogP contribution in [0.4, 0.5) is 0 Å². The third-order valence-corrected chi connectivity index (χ3v) is 6.52. The predicted octanol–water partition coefficient (Wildman–Crippen LogP) is 3.08. The molecule has 1 N–H and O–H groups in total. The molecule has 0 unspecified atom stereocenters. The molecule has 1 atom stereocenters. The Morgan fingerprint density at radius 2 is 1.82 bits per heavy atom. The predicted molar refractivity (Wildman–Crippen MR) is 128 cm³/mol. The van der Waals surface area contributed by atoms with E-state index in [1.807, 2.05) is 19.9 Å². The summed E-state index contributed by atoms with van der Waals surface area (Å²) in [5.74, 6) is 1.30. The molecule has 0 bridgehead atoms. The summed E-state index contributed by atoms with van der Waals surface area (Å²) < 4.78 is 1.63. The van der Waals surface area contributed by atoms with E-state index in [1.165, 1.54) is 5.56 Å². The molecule has 7 nitrogen and oxygen atoms in total. The van der Waals surface area contributed by atoms with Crippen LogP contribution < -0.4 is 5.32 Å². The highest BCUT2D eigenvalue weighted by Gasteiger charge is 2.45. The van der Waals surface area contributed by atoms with Crippen LogP contribution in [0.3, 0.4) is 0 Å². The first-order valence-electron chi connectivity index (χ1n) is 11.3. The molecule has 4 rings (SSSR count). The number of benzene rings is 2. The highest BCUT2D eigenvalue weighted by molar-refractivity contribution is 5.85. The minimum Gasteiger partial charge on any atom is -0.359 e. The molecule has 3 aromatic rings. The number of likely N-dealkylation sites (tertiary alicyclic amines) is 1. The Labute approximate surface area is 194 Å². The molecule has 1 aliphatic rings. The summed E-state index contributed by atoms with van der Waals surface area (Å²) in [5, 5.41) is 7.14. The van der Waals surface area contributed by atoms with Crippen molar-refractivity contribution in [1.29, 1.82) is 0 Å². The average Bonchev–Trinajstić information content (AvgIpc) is 3.37. The van der Waals surface area contributed by atoms with E-state index in [4.69, 9.17) is 0 Å². The summed E-state index contributed by atoms with van der Waals surface area (Å²) in [5.41, 5.74) is 3.94. The molecule has 0 saturated carbocycles. The van der Waals surface area contributed by atoms with Gasteiger partial charge in [-0.05, 0) is 50.3 Å². The molecule has 1 fully saturated rings. The maximum atomic E-state index is 13.0. The smallest absolute Gasteiger partial charge is 0.244 e. The van der Waals surface area contributed by atoms with E-state index < -0.39 is 5.41 Å². The average molecular weight is 446 g/mol. The number of nitrogens with zero attached hydrogens (tertiary/aromatic N) is 4. The Morgan fingerprint density at radius 1 is 1.06 bits per heavy atom. The first kappa shape index (κ1) is 22.7. The van der Waals surface area contributed by atoms with Gasteiger partial charge in [0.2, 0.25) is 11.8 Å². The number of carbonyl (C=O) groups is 2. The van der Waals surface area contributed by atoms with Gasteiger partial charge in [-0.2, -0.15) is 5.10 Å². The van der Waals surface area contributed by atoms with E-state index in [2.05, 4.69) is 64.8 Å². The monoisotopic (exact) mass is 445 g/mol. The van der Waals surface area contributed by atoms with Crippen LogP contribution in [0.2, 0.25) is 0 Å². The largest absolute Gasteiger partial charge is 0.359 e. The van der Waals surface area contributed by atoms with Crippen LogP contribution >= 0.6 is 0 Å². The maximum absolute atomic E-state index is 13.0. The first-order valence-corrected chi connectivity index (χ1v) is 11.3. The summed E-state index contributed by atoms with van der Waals surface area (Å²) >= 11 is 0. The van der Waals surface area contributed by atoms with Crippen LogP contribution in [0.5, 0.6) is 0 Å². The van der Waals surface area contributed by atoms with Crippen molar-refractivity contribution in [2.45, 2.75) is 40.2 Å². The molecule has 1 aromatic heterocycles. The molecule has 1 saturated heterocycles. The van der Waals surface area contributed by atoms with Crippen molar-refractivity contribution in [1.82, 2.24) is 25.0 Å². The molecule has 1 aliphatic heterocycles. The topological polar surface area (TPSA) is 80.1 Å². The number of carbonyl (C=O) groups excluding carboxylic acids is 2.